The van der Waals surface area contributed by atoms with Crippen molar-refractivity contribution < 1.29 is 9.53 Å². The first-order valence-electron chi connectivity index (χ1n) is 8.27. The van der Waals surface area contributed by atoms with E-state index in [-0.39, 0.29) is 5.97 Å². The monoisotopic (exact) mass is 297 g/mol. The van der Waals surface area contributed by atoms with Gasteiger partial charge in [0.1, 0.15) is 5.54 Å². The highest BCUT2D eigenvalue weighted by atomic mass is 16.5. The third-order valence-corrected chi connectivity index (χ3v) is 4.80. The van der Waals surface area contributed by atoms with Crippen LogP contribution in [0.1, 0.15) is 40.0 Å². The summed E-state index contributed by atoms with van der Waals surface area (Å²) >= 11 is 0. The summed E-state index contributed by atoms with van der Waals surface area (Å²) in [5, 5.41) is 3.47. The summed E-state index contributed by atoms with van der Waals surface area (Å²) in [6.45, 7) is 11.9. The minimum absolute atomic E-state index is 0.129. The molecule has 0 amide bonds. The van der Waals surface area contributed by atoms with Gasteiger partial charge in [0.05, 0.1) is 7.11 Å². The Kier molecular flexibility index (Phi) is 5.63. The maximum Gasteiger partial charge on any atom is 0.325 e. The summed E-state index contributed by atoms with van der Waals surface area (Å²) in [6.07, 6.45) is 3.18. The van der Waals surface area contributed by atoms with Crippen LogP contribution in [0.2, 0.25) is 0 Å². The van der Waals surface area contributed by atoms with E-state index in [1.165, 1.54) is 20.0 Å². The molecular formula is C16H31N3O2. The SMILES string of the molecule is COC(=O)C(C)(CCN1CCN(C(C)C)CC1)NC1CC1. The Bertz CT molecular complexity index is 349. The van der Waals surface area contributed by atoms with Gasteiger partial charge in [-0.1, -0.05) is 0 Å². The fraction of sp³-hybridized carbons (Fsp3) is 0.938. The summed E-state index contributed by atoms with van der Waals surface area (Å²) < 4.78 is 5.00. The number of carbonyl (C=O) groups is 1. The number of ether oxygens (including phenoxy) is 1. The first-order chi connectivity index (χ1) is 9.94. The molecule has 122 valence electrons. The van der Waals surface area contributed by atoms with E-state index in [1.807, 2.05) is 6.92 Å². The van der Waals surface area contributed by atoms with Crippen LogP contribution in [-0.4, -0.2) is 73.2 Å². The number of esters is 1. The second kappa shape index (κ2) is 7.07. The molecular weight excluding hydrogens is 266 g/mol. The molecule has 1 atom stereocenters. The number of piperazine rings is 1. The number of nitrogens with one attached hydrogen (secondary N) is 1. The summed E-state index contributed by atoms with van der Waals surface area (Å²) in [4.78, 5) is 17.1. The zero-order valence-corrected chi connectivity index (χ0v) is 14.0. The van der Waals surface area contributed by atoms with E-state index in [0.717, 1.165) is 39.1 Å². The predicted octanol–water partition coefficient (Wildman–Crippen LogP) is 1.09. The lowest BCUT2D eigenvalue weighted by atomic mass is 9.97. The highest BCUT2D eigenvalue weighted by molar-refractivity contribution is 5.80. The Morgan fingerprint density at radius 2 is 1.90 bits per heavy atom. The van der Waals surface area contributed by atoms with E-state index in [4.69, 9.17) is 4.74 Å². The number of methoxy groups -OCH3 is 1. The predicted molar refractivity (Wildman–Crippen MR) is 84.3 cm³/mol. The van der Waals surface area contributed by atoms with E-state index >= 15 is 0 Å². The summed E-state index contributed by atoms with van der Waals surface area (Å²) in [7, 11) is 1.48. The van der Waals surface area contributed by atoms with Crippen molar-refractivity contribution in [3.8, 4) is 0 Å². The van der Waals surface area contributed by atoms with Gasteiger partial charge >= 0.3 is 5.97 Å². The average molecular weight is 297 g/mol. The molecule has 0 spiro atoms. The second-order valence-corrected chi connectivity index (χ2v) is 6.96. The largest absolute Gasteiger partial charge is 0.468 e. The molecule has 1 aliphatic heterocycles. The molecule has 1 heterocycles. The van der Waals surface area contributed by atoms with Crippen molar-refractivity contribution in [3.63, 3.8) is 0 Å². The standard InChI is InChI=1S/C16H31N3O2/c1-13(2)19-11-9-18(10-12-19)8-7-16(3,15(20)21-4)17-14-5-6-14/h13-14,17H,5-12H2,1-4H3. The molecule has 2 rings (SSSR count). The van der Waals surface area contributed by atoms with Gasteiger partial charge in [-0.25, -0.2) is 0 Å². The number of hydrogen-bond acceptors (Lipinski definition) is 5. The van der Waals surface area contributed by atoms with E-state index < -0.39 is 5.54 Å². The molecule has 1 saturated carbocycles. The van der Waals surface area contributed by atoms with E-state index in [9.17, 15) is 4.79 Å². The van der Waals surface area contributed by atoms with Gasteiger partial charge in [-0.15, -0.1) is 0 Å². The fourth-order valence-corrected chi connectivity index (χ4v) is 3.02. The maximum absolute atomic E-state index is 12.1. The van der Waals surface area contributed by atoms with Gasteiger partial charge in [-0.05, 0) is 40.0 Å². The molecule has 21 heavy (non-hydrogen) atoms. The molecule has 5 heteroatoms. The van der Waals surface area contributed by atoms with Crippen LogP contribution in [0.15, 0.2) is 0 Å². The minimum Gasteiger partial charge on any atom is -0.468 e. The van der Waals surface area contributed by atoms with Crippen LogP contribution < -0.4 is 5.32 Å². The van der Waals surface area contributed by atoms with Crippen molar-refractivity contribution in [1.29, 1.82) is 0 Å². The first kappa shape index (κ1) is 16.7. The lowest BCUT2D eigenvalue weighted by Crippen LogP contribution is -2.54. The molecule has 0 aromatic heterocycles. The normalized spacial score (nSPS) is 24.0. The van der Waals surface area contributed by atoms with Crippen molar-refractivity contribution in [2.75, 3.05) is 39.8 Å². The Morgan fingerprint density at radius 3 is 2.38 bits per heavy atom. The maximum atomic E-state index is 12.1. The van der Waals surface area contributed by atoms with Crippen LogP contribution in [0.25, 0.3) is 0 Å². The van der Waals surface area contributed by atoms with Crippen LogP contribution in [0, 0.1) is 0 Å². The lowest BCUT2D eigenvalue weighted by Gasteiger charge is -2.38. The summed E-state index contributed by atoms with van der Waals surface area (Å²) in [6, 6.07) is 1.14. The molecule has 0 aromatic carbocycles. The third-order valence-electron chi connectivity index (χ3n) is 4.80. The van der Waals surface area contributed by atoms with Crippen molar-refractivity contribution >= 4 is 5.97 Å². The highest BCUT2D eigenvalue weighted by Gasteiger charge is 2.39. The molecule has 1 unspecified atom stereocenters. The van der Waals surface area contributed by atoms with Crippen LogP contribution in [0.3, 0.4) is 0 Å². The quantitative estimate of drug-likeness (QED) is 0.713. The molecule has 0 radical (unpaired) electrons. The minimum atomic E-state index is -0.537. The molecule has 1 N–H and O–H groups in total. The molecule has 1 saturated heterocycles. The zero-order valence-electron chi connectivity index (χ0n) is 14.0. The third kappa shape index (κ3) is 4.66. The highest BCUT2D eigenvalue weighted by Crippen LogP contribution is 2.25. The van der Waals surface area contributed by atoms with Gasteiger partial charge in [-0.3, -0.25) is 15.0 Å². The van der Waals surface area contributed by atoms with E-state index in [0.29, 0.717) is 12.1 Å². The zero-order chi connectivity index (χ0) is 15.5. The van der Waals surface area contributed by atoms with Gasteiger partial charge in [0.2, 0.25) is 0 Å². The van der Waals surface area contributed by atoms with Gasteiger partial charge in [0.25, 0.3) is 0 Å². The van der Waals surface area contributed by atoms with Gasteiger partial charge < -0.3 is 9.64 Å². The summed E-state index contributed by atoms with van der Waals surface area (Å²) in [5.41, 5.74) is -0.537. The molecule has 5 nitrogen and oxygen atoms in total. The van der Waals surface area contributed by atoms with Gasteiger partial charge in [0.15, 0.2) is 0 Å². The number of hydrogen-bond donors (Lipinski definition) is 1. The Hall–Kier alpha value is -0.650. The number of carbonyl (C=O) groups excluding carboxylic acids is 1. The molecule has 2 fully saturated rings. The molecule has 2 aliphatic rings. The average Bonchev–Trinajstić information content (AvgIpc) is 3.28. The molecule has 1 aliphatic carbocycles. The van der Waals surface area contributed by atoms with Crippen LogP contribution in [-0.2, 0) is 9.53 Å². The van der Waals surface area contributed by atoms with Gasteiger partial charge in [0, 0.05) is 44.8 Å². The molecule has 0 bridgehead atoms. The van der Waals surface area contributed by atoms with Crippen LogP contribution in [0.4, 0.5) is 0 Å². The summed E-state index contributed by atoms with van der Waals surface area (Å²) in [5.74, 6) is -0.129. The Labute approximate surface area is 129 Å². The first-order valence-corrected chi connectivity index (χ1v) is 8.27. The van der Waals surface area contributed by atoms with E-state index in [2.05, 4.69) is 29.0 Å². The Balaban J connectivity index is 1.80. The van der Waals surface area contributed by atoms with Crippen LogP contribution >= 0.6 is 0 Å². The second-order valence-electron chi connectivity index (χ2n) is 6.96. The van der Waals surface area contributed by atoms with Crippen molar-refractivity contribution in [1.82, 2.24) is 15.1 Å². The van der Waals surface area contributed by atoms with Crippen molar-refractivity contribution in [2.45, 2.75) is 57.7 Å². The topological polar surface area (TPSA) is 44.8 Å². The molecule has 0 aromatic rings. The smallest absolute Gasteiger partial charge is 0.325 e. The van der Waals surface area contributed by atoms with Crippen LogP contribution in [0.5, 0.6) is 0 Å². The Morgan fingerprint density at radius 1 is 1.29 bits per heavy atom. The fourth-order valence-electron chi connectivity index (χ4n) is 3.02. The van der Waals surface area contributed by atoms with Crippen molar-refractivity contribution in [2.24, 2.45) is 0 Å². The lowest BCUT2D eigenvalue weighted by molar-refractivity contribution is -0.148. The van der Waals surface area contributed by atoms with Gasteiger partial charge in [-0.2, -0.15) is 0 Å². The van der Waals surface area contributed by atoms with Crippen molar-refractivity contribution in [3.05, 3.63) is 0 Å². The number of rotatable bonds is 7. The van der Waals surface area contributed by atoms with E-state index in [1.54, 1.807) is 0 Å². The number of nitrogens with zero attached hydrogens (tertiary/aromatic N) is 2.